The molecular weight excluding hydrogens is 388 g/mol. The fourth-order valence-corrected chi connectivity index (χ4v) is 2.97. The Balaban J connectivity index is 1.54. The number of aromatic amines is 1. The lowest BCUT2D eigenvalue weighted by molar-refractivity contribution is 0.102. The zero-order valence-corrected chi connectivity index (χ0v) is 15.3. The predicted octanol–water partition coefficient (Wildman–Crippen LogP) is 5.93. The second kappa shape index (κ2) is 7.02. The molecule has 4 rings (SSSR count). The number of carbonyl (C=O) groups is 1. The van der Waals surface area contributed by atoms with Gasteiger partial charge in [0.15, 0.2) is 0 Å². The summed E-state index contributed by atoms with van der Waals surface area (Å²) in [6.07, 6.45) is 0. The highest BCUT2D eigenvalue weighted by atomic mass is 35.5. The van der Waals surface area contributed by atoms with Gasteiger partial charge >= 0.3 is 0 Å². The molecule has 0 spiro atoms. The normalized spacial score (nSPS) is 10.9. The van der Waals surface area contributed by atoms with E-state index in [0.29, 0.717) is 38.2 Å². The molecule has 0 unspecified atom stereocenters. The van der Waals surface area contributed by atoms with Crippen molar-refractivity contribution in [1.82, 2.24) is 9.97 Å². The van der Waals surface area contributed by atoms with Crippen LogP contribution in [0.25, 0.3) is 22.4 Å². The monoisotopic (exact) mass is 399 g/mol. The Hall–Kier alpha value is -2.89. The van der Waals surface area contributed by atoms with Crippen molar-refractivity contribution >= 4 is 45.8 Å². The summed E-state index contributed by atoms with van der Waals surface area (Å²) < 4.78 is 13.3. The molecule has 4 aromatic rings. The van der Waals surface area contributed by atoms with Crippen molar-refractivity contribution in [2.75, 3.05) is 5.32 Å². The van der Waals surface area contributed by atoms with E-state index in [-0.39, 0.29) is 11.7 Å². The van der Waals surface area contributed by atoms with Crippen molar-refractivity contribution in [2.24, 2.45) is 0 Å². The van der Waals surface area contributed by atoms with E-state index in [9.17, 15) is 9.18 Å². The highest BCUT2D eigenvalue weighted by Crippen LogP contribution is 2.25. The van der Waals surface area contributed by atoms with Crippen molar-refractivity contribution in [1.29, 1.82) is 0 Å². The summed E-state index contributed by atoms with van der Waals surface area (Å²) in [5, 5.41) is 3.51. The van der Waals surface area contributed by atoms with Gasteiger partial charge in [0, 0.05) is 16.8 Å². The van der Waals surface area contributed by atoms with E-state index in [1.165, 1.54) is 18.2 Å². The molecule has 0 bridgehead atoms. The molecule has 7 heteroatoms. The number of rotatable bonds is 3. The van der Waals surface area contributed by atoms with E-state index < -0.39 is 0 Å². The molecule has 0 saturated carbocycles. The summed E-state index contributed by atoms with van der Waals surface area (Å²) >= 11 is 11.8. The summed E-state index contributed by atoms with van der Waals surface area (Å²) in [7, 11) is 0. The van der Waals surface area contributed by atoms with Crippen LogP contribution < -0.4 is 5.32 Å². The molecular formula is C20H12Cl2FN3O. The van der Waals surface area contributed by atoms with E-state index in [0.717, 1.165) is 5.56 Å². The molecule has 1 aromatic heterocycles. The molecule has 27 heavy (non-hydrogen) atoms. The van der Waals surface area contributed by atoms with Gasteiger partial charge in [-0.15, -0.1) is 0 Å². The van der Waals surface area contributed by atoms with Crippen LogP contribution in [0.1, 0.15) is 10.4 Å². The smallest absolute Gasteiger partial charge is 0.255 e. The molecule has 0 radical (unpaired) electrons. The Morgan fingerprint density at radius 1 is 0.963 bits per heavy atom. The topological polar surface area (TPSA) is 57.8 Å². The van der Waals surface area contributed by atoms with Gasteiger partial charge in [0.25, 0.3) is 5.91 Å². The minimum atomic E-state index is -0.321. The van der Waals surface area contributed by atoms with Crippen LogP contribution in [0, 0.1) is 5.82 Å². The highest BCUT2D eigenvalue weighted by Gasteiger charge is 2.10. The lowest BCUT2D eigenvalue weighted by atomic mass is 10.1. The molecule has 2 N–H and O–H groups in total. The first kappa shape index (κ1) is 17.5. The SMILES string of the molecule is O=C(Nc1ccc(-c2nc3ccc(F)cc3[nH]2)cc1)c1ccc(Cl)c(Cl)c1. The van der Waals surface area contributed by atoms with Crippen LogP contribution in [0.5, 0.6) is 0 Å². The van der Waals surface area contributed by atoms with Gasteiger partial charge in [0.2, 0.25) is 0 Å². The molecule has 0 aliphatic heterocycles. The van der Waals surface area contributed by atoms with E-state index in [2.05, 4.69) is 15.3 Å². The number of nitrogens with zero attached hydrogens (tertiary/aromatic N) is 1. The minimum absolute atomic E-state index is 0.291. The number of carbonyl (C=O) groups excluding carboxylic acids is 1. The van der Waals surface area contributed by atoms with Crippen LogP contribution in [0.15, 0.2) is 60.7 Å². The average Bonchev–Trinajstić information content (AvgIpc) is 3.07. The Morgan fingerprint density at radius 2 is 1.74 bits per heavy atom. The average molecular weight is 400 g/mol. The number of aromatic nitrogens is 2. The Bertz CT molecular complexity index is 1160. The molecule has 0 atom stereocenters. The maximum atomic E-state index is 13.3. The van der Waals surface area contributed by atoms with Crippen LogP contribution in [0.4, 0.5) is 10.1 Å². The first-order valence-corrected chi connectivity index (χ1v) is 8.77. The number of halogens is 3. The second-order valence-corrected chi connectivity index (χ2v) is 6.72. The van der Waals surface area contributed by atoms with Crippen LogP contribution >= 0.6 is 23.2 Å². The molecule has 4 nitrogen and oxygen atoms in total. The molecule has 0 aliphatic rings. The molecule has 0 saturated heterocycles. The zero-order chi connectivity index (χ0) is 19.0. The van der Waals surface area contributed by atoms with Crippen molar-refractivity contribution in [3.63, 3.8) is 0 Å². The number of benzene rings is 3. The van der Waals surface area contributed by atoms with Crippen LogP contribution in [0.2, 0.25) is 10.0 Å². The Kier molecular flexibility index (Phi) is 4.56. The number of hydrogen-bond acceptors (Lipinski definition) is 2. The minimum Gasteiger partial charge on any atom is -0.338 e. The Morgan fingerprint density at radius 3 is 2.48 bits per heavy atom. The lowest BCUT2D eigenvalue weighted by Crippen LogP contribution is -2.11. The van der Waals surface area contributed by atoms with Gasteiger partial charge < -0.3 is 10.3 Å². The number of imidazole rings is 1. The standard InChI is InChI=1S/C20H12Cl2FN3O/c21-15-7-3-12(9-16(15)22)20(27)24-14-5-1-11(2-6-14)19-25-17-8-4-13(23)10-18(17)26-19/h1-10H,(H,24,27)(H,25,26). The summed E-state index contributed by atoms with van der Waals surface area (Å²) in [5.41, 5.74) is 3.16. The first-order valence-electron chi connectivity index (χ1n) is 8.02. The summed E-state index contributed by atoms with van der Waals surface area (Å²) in [4.78, 5) is 19.8. The number of H-pyrrole nitrogens is 1. The fourth-order valence-electron chi connectivity index (χ4n) is 2.67. The van der Waals surface area contributed by atoms with Crippen LogP contribution in [0.3, 0.4) is 0 Å². The van der Waals surface area contributed by atoms with Crippen LogP contribution in [-0.4, -0.2) is 15.9 Å². The van der Waals surface area contributed by atoms with E-state index in [4.69, 9.17) is 23.2 Å². The lowest BCUT2D eigenvalue weighted by Gasteiger charge is -2.07. The molecule has 3 aromatic carbocycles. The molecule has 1 heterocycles. The van der Waals surface area contributed by atoms with Crippen molar-refractivity contribution in [3.05, 3.63) is 82.1 Å². The second-order valence-electron chi connectivity index (χ2n) is 5.91. The van der Waals surface area contributed by atoms with E-state index >= 15 is 0 Å². The predicted molar refractivity (Wildman–Crippen MR) is 106 cm³/mol. The van der Waals surface area contributed by atoms with Gasteiger partial charge in [0.05, 0.1) is 21.1 Å². The molecule has 0 fully saturated rings. The van der Waals surface area contributed by atoms with Gasteiger partial charge in [-0.05, 0) is 60.7 Å². The van der Waals surface area contributed by atoms with Gasteiger partial charge in [-0.1, -0.05) is 23.2 Å². The van der Waals surface area contributed by atoms with Crippen molar-refractivity contribution in [2.45, 2.75) is 0 Å². The number of anilines is 1. The maximum absolute atomic E-state index is 13.3. The third-order valence-corrected chi connectivity index (χ3v) is 4.78. The molecule has 134 valence electrons. The largest absolute Gasteiger partial charge is 0.338 e. The third-order valence-electron chi connectivity index (χ3n) is 4.04. The third kappa shape index (κ3) is 3.65. The maximum Gasteiger partial charge on any atom is 0.255 e. The van der Waals surface area contributed by atoms with Gasteiger partial charge in [-0.3, -0.25) is 4.79 Å². The Labute approximate surface area is 164 Å². The molecule has 0 aliphatic carbocycles. The van der Waals surface area contributed by atoms with Crippen molar-refractivity contribution in [3.8, 4) is 11.4 Å². The number of amides is 1. The van der Waals surface area contributed by atoms with Gasteiger partial charge in [-0.2, -0.15) is 0 Å². The van der Waals surface area contributed by atoms with Crippen LogP contribution in [-0.2, 0) is 0 Å². The summed E-state index contributed by atoms with van der Waals surface area (Å²) in [6, 6.07) is 16.2. The molecule has 1 amide bonds. The van der Waals surface area contributed by atoms with Gasteiger partial charge in [-0.25, -0.2) is 9.37 Å². The number of nitrogens with one attached hydrogen (secondary N) is 2. The first-order chi connectivity index (χ1) is 13.0. The number of fused-ring (bicyclic) bond motifs is 1. The number of hydrogen-bond donors (Lipinski definition) is 2. The summed E-state index contributed by atoms with van der Waals surface area (Å²) in [5.74, 6) is 0.0107. The fraction of sp³-hybridized carbons (Fsp3) is 0. The summed E-state index contributed by atoms with van der Waals surface area (Å²) in [6.45, 7) is 0. The zero-order valence-electron chi connectivity index (χ0n) is 13.8. The quantitative estimate of drug-likeness (QED) is 0.448. The van der Waals surface area contributed by atoms with E-state index in [1.54, 1.807) is 30.3 Å². The van der Waals surface area contributed by atoms with Crippen molar-refractivity contribution < 1.29 is 9.18 Å². The van der Waals surface area contributed by atoms with Gasteiger partial charge in [0.1, 0.15) is 11.6 Å². The van der Waals surface area contributed by atoms with E-state index in [1.807, 2.05) is 12.1 Å². The highest BCUT2D eigenvalue weighted by molar-refractivity contribution is 6.42.